The number of hydrogen-bond acceptors (Lipinski definition) is 3. The van der Waals surface area contributed by atoms with Crippen molar-refractivity contribution in [3.63, 3.8) is 0 Å². The van der Waals surface area contributed by atoms with Crippen molar-refractivity contribution in [2.75, 3.05) is 6.54 Å². The Labute approximate surface area is 103 Å². The summed E-state index contributed by atoms with van der Waals surface area (Å²) in [5.41, 5.74) is 1.28. The maximum Gasteiger partial charge on any atom is 0.0695 e. The van der Waals surface area contributed by atoms with Crippen LogP contribution < -0.4 is 0 Å². The van der Waals surface area contributed by atoms with Crippen molar-refractivity contribution in [1.82, 2.24) is 9.88 Å². The van der Waals surface area contributed by atoms with Gasteiger partial charge in [-0.05, 0) is 37.1 Å². The molecule has 1 heterocycles. The van der Waals surface area contributed by atoms with Crippen molar-refractivity contribution in [3.05, 3.63) is 30.1 Å². The molecule has 2 atom stereocenters. The van der Waals surface area contributed by atoms with Gasteiger partial charge in [-0.3, -0.25) is 9.88 Å². The first-order valence-corrected chi connectivity index (χ1v) is 6.62. The molecule has 3 nitrogen and oxygen atoms in total. The lowest BCUT2D eigenvalue weighted by atomic mass is 9.91. The second-order valence-electron chi connectivity index (χ2n) is 4.84. The highest BCUT2D eigenvalue weighted by Crippen LogP contribution is 2.24. The summed E-state index contributed by atoms with van der Waals surface area (Å²) in [7, 11) is 0. The predicted molar refractivity (Wildman–Crippen MR) is 68.6 cm³/mol. The maximum atomic E-state index is 10.1. The van der Waals surface area contributed by atoms with Crippen LogP contribution in [0.3, 0.4) is 0 Å². The number of rotatable bonds is 4. The predicted octanol–water partition coefficient (Wildman–Crippen LogP) is 2.21. The molecule has 0 amide bonds. The third-order valence-electron chi connectivity index (χ3n) is 3.70. The van der Waals surface area contributed by atoms with E-state index in [0.717, 1.165) is 25.9 Å². The summed E-state index contributed by atoms with van der Waals surface area (Å²) in [4.78, 5) is 6.43. The third kappa shape index (κ3) is 3.27. The van der Waals surface area contributed by atoms with Crippen LogP contribution >= 0.6 is 0 Å². The molecule has 1 N–H and O–H groups in total. The van der Waals surface area contributed by atoms with E-state index in [1.54, 1.807) is 0 Å². The quantitative estimate of drug-likeness (QED) is 0.867. The van der Waals surface area contributed by atoms with Crippen LogP contribution in [0.15, 0.2) is 24.5 Å². The number of likely N-dealkylation sites (N-methyl/N-ethyl adjacent to an activating group) is 1. The minimum Gasteiger partial charge on any atom is -0.391 e. The highest BCUT2D eigenvalue weighted by Gasteiger charge is 2.27. The SMILES string of the molecule is CCN(Cc1ccncc1)[C@H]1CCCC[C@@H]1O. The van der Waals surface area contributed by atoms with Crippen molar-refractivity contribution < 1.29 is 5.11 Å². The third-order valence-corrected chi connectivity index (χ3v) is 3.70. The fourth-order valence-electron chi connectivity index (χ4n) is 2.70. The van der Waals surface area contributed by atoms with Gasteiger partial charge in [-0.25, -0.2) is 0 Å². The molecule has 1 aromatic rings. The fourth-order valence-corrected chi connectivity index (χ4v) is 2.70. The Morgan fingerprint density at radius 1 is 1.29 bits per heavy atom. The molecule has 0 unspecified atom stereocenters. The Bertz CT molecular complexity index is 328. The molecule has 1 aliphatic carbocycles. The van der Waals surface area contributed by atoms with Crippen LogP contribution in [0.5, 0.6) is 0 Å². The average molecular weight is 234 g/mol. The molecule has 0 saturated heterocycles. The standard InChI is InChI=1S/C14H22N2O/c1-2-16(11-12-7-9-15-10-8-12)13-5-3-4-6-14(13)17/h7-10,13-14,17H,2-6,11H2,1H3/t13-,14-/m0/s1. The van der Waals surface area contributed by atoms with E-state index in [2.05, 4.69) is 28.9 Å². The molecule has 1 aliphatic rings. The van der Waals surface area contributed by atoms with Gasteiger partial charge in [0, 0.05) is 25.0 Å². The topological polar surface area (TPSA) is 36.4 Å². The van der Waals surface area contributed by atoms with Crippen LogP contribution in [0.1, 0.15) is 38.2 Å². The van der Waals surface area contributed by atoms with Gasteiger partial charge >= 0.3 is 0 Å². The second-order valence-corrected chi connectivity index (χ2v) is 4.84. The largest absolute Gasteiger partial charge is 0.391 e. The van der Waals surface area contributed by atoms with Crippen molar-refractivity contribution in [2.45, 2.75) is 51.3 Å². The number of pyridine rings is 1. The summed E-state index contributed by atoms with van der Waals surface area (Å²) in [5.74, 6) is 0. The zero-order valence-electron chi connectivity index (χ0n) is 10.5. The van der Waals surface area contributed by atoms with E-state index < -0.39 is 0 Å². The molecule has 94 valence electrons. The Morgan fingerprint density at radius 3 is 2.65 bits per heavy atom. The average Bonchev–Trinajstić information content (AvgIpc) is 2.38. The molecule has 1 saturated carbocycles. The van der Waals surface area contributed by atoms with Gasteiger partial charge in [0.05, 0.1) is 6.10 Å². The Balaban J connectivity index is 2.00. The molecule has 1 fully saturated rings. The summed E-state index contributed by atoms with van der Waals surface area (Å²) in [5, 5.41) is 10.1. The lowest BCUT2D eigenvalue weighted by molar-refractivity contribution is 0.0182. The Kier molecular flexibility index (Phi) is 4.51. The van der Waals surface area contributed by atoms with Gasteiger partial charge in [0.1, 0.15) is 0 Å². The van der Waals surface area contributed by atoms with E-state index in [9.17, 15) is 5.11 Å². The van der Waals surface area contributed by atoms with Crippen molar-refractivity contribution in [1.29, 1.82) is 0 Å². The molecule has 2 rings (SSSR count). The molecule has 3 heteroatoms. The lowest BCUT2D eigenvalue weighted by Crippen LogP contribution is -2.44. The van der Waals surface area contributed by atoms with Crippen LogP contribution in [-0.4, -0.2) is 33.7 Å². The van der Waals surface area contributed by atoms with E-state index in [4.69, 9.17) is 0 Å². The van der Waals surface area contributed by atoms with Gasteiger partial charge in [0.25, 0.3) is 0 Å². The monoisotopic (exact) mass is 234 g/mol. The highest BCUT2D eigenvalue weighted by atomic mass is 16.3. The number of aromatic nitrogens is 1. The second kappa shape index (κ2) is 6.12. The van der Waals surface area contributed by atoms with Crippen molar-refractivity contribution in [3.8, 4) is 0 Å². The number of aliphatic hydroxyl groups excluding tert-OH is 1. The maximum absolute atomic E-state index is 10.1. The van der Waals surface area contributed by atoms with Gasteiger partial charge in [-0.1, -0.05) is 19.8 Å². The Morgan fingerprint density at radius 2 is 2.00 bits per heavy atom. The van der Waals surface area contributed by atoms with E-state index in [0.29, 0.717) is 6.04 Å². The first kappa shape index (κ1) is 12.5. The number of aliphatic hydroxyl groups is 1. The molecule has 0 radical (unpaired) electrons. The lowest BCUT2D eigenvalue weighted by Gasteiger charge is -2.37. The minimum atomic E-state index is -0.148. The van der Waals surface area contributed by atoms with Gasteiger partial charge < -0.3 is 5.11 Å². The van der Waals surface area contributed by atoms with Gasteiger partial charge in [-0.2, -0.15) is 0 Å². The fraction of sp³-hybridized carbons (Fsp3) is 0.643. The van der Waals surface area contributed by atoms with E-state index in [1.165, 1.54) is 18.4 Å². The molecule has 0 aliphatic heterocycles. The van der Waals surface area contributed by atoms with E-state index in [-0.39, 0.29) is 6.10 Å². The summed E-state index contributed by atoms with van der Waals surface area (Å²) >= 11 is 0. The zero-order valence-corrected chi connectivity index (χ0v) is 10.5. The van der Waals surface area contributed by atoms with Crippen molar-refractivity contribution >= 4 is 0 Å². The summed E-state index contributed by atoms with van der Waals surface area (Å²) in [6.07, 6.45) is 8.02. The van der Waals surface area contributed by atoms with Gasteiger partial charge in [-0.15, -0.1) is 0 Å². The molecule has 0 aromatic carbocycles. The highest BCUT2D eigenvalue weighted by molar-refractivity contribution is 5.09. The first-order chi connectivity index (χ1) is 8.31. The van der Waals surface area contributed by atoms with Crippen LogP contribution in [0, 0.1) is 0 Å². The molecule has 17 heavy (non-hydrogen) atoms. The Hall–Kier alpha value is -0.930. The van der Waals surface area contributed by atoms with E-state index >= 15 is 0 Å². The molecule has 1 aromatic heterocycles. The summed E-state index contributed by atoms with van der Waals surface area (Å²) < 4.78 is 0. The summed E-state index contributed by atoms with van der Waals surface area (Å²) in [6, 6.07) is 4.44. The van der Waals surface area contributed by atoms with Crippen molar-refractivity contribution in [2.24, 2.45) is 0 Å². The van der Waals surface area contributed by atoms with Crippen LogP contribution in [0.25, 0.3) is 0 Å². The van der Waals surface area contributed by atoms with Gasteiger partial charge in [0.2, 0.25) is 0 Å². The molecular formula is C14H22N2O. The van der Waals surface area contributed by atoms with E-state index in [1.807, 2.05) is 12.4 Å². The number of hydrogen-bond donors (Lipinski definition) is 1. The van der Waals surface area contributed by atoms with Crippen LogP contribution in [-0.2, 0) is 6.54 Å². The molecule has 0 spiro atoms. The number of nitrogens with zero attached hydrogens (tertiary/aromatic N) is 2. The van der Waals surface area contributed by atoms with Crippen LogP contribution in [0.4, 0.5) is 0 Å². The normalized spacial score (nSPS) is 25.1. The smallest absolute Gasteiger partial charge is 0.0695 e. The minimum absolute atomic E-state index is 0.148. The summed E-state index contributed by atoms with van der Waals surface area (Å²) in [6.45, 7) is 4.08. The first-order valence-electron chi connectivity index (χ1n) is 6.62. The van der Waals surface area contributed by atoms with Crippen LogP contribution in [0.2, 0.25) is 0 Å². The zero-order chi connectivity index (χ0) is 12.1. The molecular weight excluding hydrogens is 212 g/mol. The van der Waals surface area contributed by atoms with Gasteiger partial charge in [0.15, 0.2) is 0 Å². The molecule has 0 bridgehead atoms.